The maximum atomic E-state index is 11.8. The van der Waals surface area contributed by atoms with Crippen LogP contribution in [0.1, 0.15) is 24.3 Å². The summed E-state index contributed by atoms with van der Waals surface area (Å²) in [6.45, 7) is 2.98. The monoisotopic (exact) mass is 353 g/mol. The summed E-state index contributed by atoms with van der Waals surface area (Å²) in [6.07, 6.45) is 0. The standard InChI is InChI=1S/C14H15N3O4S2/c1-8(2)15-14(20)17-11(18)5-21-13(19)10-7-23-12(16-10)9-3-4-22-6-9/h3-4,6-8H,5H2,1-2H3,(H2,15,17,18,20). The molecule has 0 radical (unpaired) electrons. The number of carbonyl (C=O) groups is 3. The molecule has 3 amide bonds. The SMILES string of the molecule is CC(C)NC(=O)NC(=O)COC(=O)c1csc(-c2ccsc2)n1. The molecule has 122 valence electrons. The zero-order chi connectivity index (χ0) is 16.8. The molecule has 0 saturated carbocycles. The van der Waals surface area contributed by atoms with Crippen molar-refractivity contribution >= 4 is 40.6 Å². The average Bonchev–Trinajstić information content (AvgIpc) is 3.13. The summed E-state index contributed by atoms with van der Waals surface area (Å²) in [6, 6.07) is 1.17. The zero-order valence-corrected chi connectivity index (χ0v) is 14.1. The Hall–Kier alpha value is -2.26. The van der Waals surface area contributed by atoms with Gasteiger partial charge in [-0.05, 0) is 25.3 Å². The molecule has 0 aliphatic rings. The number of urea groups is 1. The predicted octanol–water partition coefficient (Wildman–Crippen LogP) is 2.26. The number of thiazole rings is 1. The minimum atomic E-state index is -0.706. The first-order valence-corrected chi connectivity index (χ1v) is 8.53. The smallest absolute Gasteiger partial charge is 0.358 e. The maximum Gasteiger partial charge on any atom is 0.358 e. The van der Waals surface area contributed by atoms with Crippen molar-refractivity contribution in [1.29, 1.82) is 0 Å². The van der Waals surface area contributed by atoms with Gasteiger partial charge in [-0.25, -0.2) is 14.6 Å². The first kappa shape index (κ1) is 17.1. The van der Waals surface area contributed by atoms with Crippen molar-refractivity contribution in [2.75, 3.05) is 6.61 Å². The number of rotatable bonds is 5. The number of aromatic nitrogens is 1. The molecule has 23 heavy (non-hydrogen) atoms. The van der Waals surface area contributed by atoms with E-state index < -0.39 is 24.5 Å². The van der Waals surface area contributed by atoms with Crippen LogP contribution in [-0.4, -0.2) is 35.5 Å². The molecule has 0 atom stereocenters. The van der Waals surface area contributed by atoms with Crippen molar-refractivity contribution in [2.24, 2.45) is 0 Å². The van der Waals surface area contributed by atoms with Gasteiger partial charge in [-0.2, -0.15) is 11.3 Å². The molecule has 0 spiro atoms. The number of nitrogens with one attached hydrogen (secondary N) is 2. The normalized spacial score (nSPS) is 10.4. The highest BCUT2D eigenvalue weighted by Gasteiger charge is 2.16. The fourth-order valence-electron chi connectivity index (χ4n) is 1.55. The summed E-state index contributed by atoms with van der Waals surface area (Å²) in [5.41, 5.74) is 1.07. The van der Waals surface area contributed by atoms with Crippen LogP contribution in [0.2, 0.25) is 0 Å². The van der Waals surface area contributed by atoms with Crippen molar-refractivity contribution in [2.45, 2.75) is 19.9 Å². The number of carbonyl (C=O) groups excluding carboxylic acids is 3. The van der Waals surface area contributed by atoms with Gasteiger partial charge in [0.05, 0.1) is 0 Å². The number of hydrogen-bond donors (Lipinski definition) is 2. The molecule has 2 N–H and O–H groups in total. The Morgan fingerprint density at radius 1 is 1.30 bits per heavy atom. The van der Waals surface area contributed by atoms with Crippen molar-refractivity contribution < 1.29 is 19.1 Å². The molecule has 2 heterocycles. The Labute approximate surface area is 140 Å². The second-order valence-electron chi connectivity index (χ2n) is 4.80. The number of hydrogen-bond acceptors (Lipinski definition) is 7. The van der Waals surface area contributed by atoms with Crippen LogP contribution >= 0.6 is 22.7 Å². The van der Waals surface area contributed by atoms with E-state index >= 15 is 0 Å². The fraction of sp³-hybridized carbons (Fsp3) is 0.286. The molecule has 0 aliphatic heterocycles. The van der Waals surface area contributed by atoms with E-state index in [4.69, 9.17) is 4.74 Å². The highest BCUT2D eigenvalue weighted by molar-refractivity contribution is 7.14. The summed E-state index contributed by atoms with van der Waals surface area (Å²) < 4.78 is 4.84. The second-order valence-corrected chi connectivity index (χ2v) is 6.44. The number of ether oxygens (including phenoxy) is 1. The quantitative estimate of drug-likeness (QED) is 0.804. The Balaban J connectivity index is 1.83. The topological polar surface area (TPSA) is 97.4 Å². The lowest BCUT2D eigenvalue weighted by Gasteiger charge is -2.09. The number of nitrogens with zero attached hydrogens (tertiary/aromatic N) is 1. The maximum absolute atomic E-state index is 11.8. The molecule has 0 aromatic carbocycles. The minimum Gasteiger partial charge on any atom is -0.451 e. The van der Waals surface area contributed by atoms with E-state index in [2.05, 4.69) is 15.6 Å². The third-order valence-corrected chi connectivity index (χ3v) is 4.06. The molecular formula is C14H15N3O4S2. The van der Waals surface area contributed by atoms with Gasteiger partial charge in [0.15, 0.2) is 12.3 Å². The fourth-order valence-corrected chi connectivity index (χ4v) is 3.05. The largest absolute Gasteiger partial charge is 0.451 e. The van der Waals surface area contributed by atoms with Crippen LogP contribution in [0.25, 0.3) is 10.6 Å². The Morgan fingerprint density at radius 3 is 2.74 bits per heavy atom. The Kier molecular flexibility index (Phi) is 5.83. The van der Waals surface area contributed by atoms with Gasteiger partial charge < -0.3 is 10.1 Å². The third-order valence-electron chi connectivity index (χ3n) is 2.49. The minimum absolute atomic E-state index is 0.101. The number of thiophene rings is 1. The average molecular weight is 353 g/mol. The summed E-state index contributed by atoms with van der Waals surface area (Å²) in [7, 11) is 0. The highest BCUT2D eigenvalue weighted by Crippen LogP contribution is 2.25. The van der Waals surface area contributed by atoms with Gasteiger partial charge in [0, 0.05) is 22.4 Å². The lowest BCUT2D eigenvalue weighted by molar-refractivity contribution is -0.123. The molecule has 2 aromatic heterocycles. The van der Waals surface area contributed by atoms with Crippen molar-refractivity contribution in [3.63, 3.8) is 0 Å². The van der Waals surface area contributed by atoms with E-state index in [-0.39, 0.29) is 11.7 Å². The molecule has 0 fully saturated rings. The summed E-state index contributed by atoms with van der Waals surface area (Å²) in [4.78, 5) is 38.8. The van der Waals surface area contributed by atoms with Crippen LogP contribution in [0, 0.1) is 0 Å². The van der Waals surface area contributed by atoms with Crippen molar-refractivity contribution in [3.8, 4) is 10.6 Å². The number of esters is 1. The lowest BCUT2D eigenvalue weighted by Crippen LogP contribution is -2.44. The van der Waals surface area contributed by atoms with E-state index in [0.29, 0.717) is 5.01 Å². The molecular weight excluding hydrogens is 338 g/mol. The third kappa shape index (κ3) is 5.15. The van der Waals surface area contributed by atoms with Crippen LogP contribution in [0.15, 0.2) is 22.2 Å². The van der Waals surface area contributed by atoms with E-state index in [0.717, 1.165) is 5.56 Å². The van der Waals surface area contributed by atoms with E-state index in [1.807, 2.05) is 16.8 Å². The van der Waals surface area contributed by atoms with E-state index in [9.17, 15) is 14.4 Å². The zero-order valence-electron chi connectivity index (χ0n) is 12.5. The molecule has 0 aliphatic carbocycles. The molecule has 0 unspecified atom stereocenters. The Morgan fingerprint density at radius 2 is 2.09 bits per heavy atom. The first-order chi connectivity index (χ1) is 11.0. The number of amides is 3. The predicted molar refractivity (Wildman–Crippen MR) is 87.5 cm³/mol. The Bertz CT molecular complexity index is 695. The van der Waals surface area contributed by atoms with Crippen molar-refractivity contribution in [1.82, 2.24) is 15.6 Å². The van der Waals surface area contributed by atoms with Gasteiger partial charge in [-0.15, -0.1) is 11.3 Å². The van der Waals surface area contributed by atoms with Gasteiger partial charge in [0.2, 0.25) is 0 Å². The second kappa shape index (κ2) is 7.84. The van der Waals surface area contributed by atoms with Crippen LogP contribution in [-0.2, 0) is 9.53 Å². The van der Waals surface area contributed by atoms with Crippen LogP contribution < -0.4 is 10.6 Å². The van der Waals surface area contributed by atoms with Crippen LogP contribution in [0.4, 0.5) is 4.79 Å². The van der Waals surface area contributed by atoms with Gasteiger partial charge in [0.25, 0.3) is 5.91 Å². The van der Waals surface area contributed by atoms with Gasteiger partial charge in [-0.1, -0.05) is 0 Å². The molecule has 7 nitrogen and oxygen atoms in total. The van der Waals surface area contributed by atoms with Gasteiger partial charge >= 0.3 is 12.0 Å². The molecule has 0 bridgehead atoms. The van der Waals surface area contributed by atoms with Crippen LogP contribution in [0.5, 0.6) is 0 Å². The van der Waals surface area contributed by atoms with Gasteiger partial charge in [-0.3, -0.25) is 10.1 Å². The lowest BCUT2D eigenvalue weighted by atomic mass is 10.3. The molecule has 0 saturated heterocycles. The van der Waals surface area contributed by atoms with E-state index in [1.54, 1.807) is 19.2 Å². The highest BCUT2D eigenvalue weighted by atomic mass is 32.1. The number of imide groups is 1. The van der Waals surface area contributed by atoms with Gasteiger partial charge in [0.1, 0.15) is 5.01 Å². The van der Waals surface area contributed by atoms with Crippen LogP contribution in [0.3, 0.4) is 0 Å². The molecule has 9 heteroatoms. The summed E-state index contributed by atoms with van der Waals surface area (Å²) >= 11 is 2.85. The summed E-state index contributed by atoms with van der Waals surface area (Å²) in [5.74, 6) is -1.41. The van der Waals surface area contributed by atoms with E-state index in [1.165, 1.54) is 22.7 Å². The molecule has 2 rings (SSSR count). The summed E-state index contributed by atoms with van der Waals surface area (Å²) in [5, 5.41) is 10.7. The molecule has 2 aromatic rings. The first-order valence-electron chi connectivity index (χ1n) is 6.71. The van der Waals surface area contributed by atoms with Crippen molar-refractivity contribution in [3.05, 3.63) is 27.9 Å².